The SMILES string of the molecule is CCCCc1noc(C2(C(=O)OC)CC2)n1. The standard InChI is InChI=1S/C11H16N2O3/c1-3-4-5-8-12-9(16-13-8)11(6-7-11)10(14)15-2/h3-7H2,1-2H3. The zero-order valence-corrected chi connectivity index (χ0v) is 9.65. The first-order valence-corrected chi connectivity index (χ1v) is 5.64. The Morgan fingerprint density at radius 1 is 1.56 bits per heavy atom. The molecule has 0 spiro atoms. The number of hydrogen-bond acceptors (Lipinski definition) is 5. The maximum atomic E-state index is 11.6. The summed E-state index contributed by atoms with van der Waals surface area (Å²) in [6.45, 7) is 2.11. The summed E-state index contributed by atoms with van der Waals surface area (Å²) < 4.78 is 9.91. The number of carbonyl (C=O) groups is 1. The second kappa shape index (κ2) is 4.23. The van der Waals surface area contributed by atoms with Crippen molar-refractivity contribution in [3.63, 3.8) is 0 Å². The van der Waals surface area contributed by atoms with E-state index in [1.165, 1.54) is 7.11 Å². The van der Waals surface area contributed by atoms with Crippen molar-refractivity contribution in [3.8, 4) is 0 Å². The Kier molecular flexibility index (Phi) is 2.94. The number of aromatic nitrogens is 2. The Balaban J connectivity index is 2.10. The molecule has 0 saturated heterocycles. The summed E-state index contributed by atoms with van der Waals surface area (Å²) >= 11 is 0. The molecule has 0 N–H and O–H groups in total. The Morgan fingerprint density at radius 3 is 2.88 bits per heavy atom. The molecule has 0 aromatic carbocycles. The lowest BCUT2D eigenvalue weighted by Gasteiger charge is -2.05. The van der Waals surface area contributed by atoms with Gasteiger partial charge < -0.3 is 9.26 Å². The summed E-state index contributed by atoms with van der Waals surface area (Å²) in [5.41, 5.74) is -0.633. The van der Waals surface area contributed by atoms with Crippen molar-refractivity contribution in [1.82, 2.24) is 10.1 Å². The van der Waals surface area contributed by atoms with Gasteiger partial charge in [0.05, 0.1) is 7.11 Å². The van der Waals surface area contributed by atoms with E-state index < -0.39 is 5.41 Å². The van der Waals surface area contributed by atoms with Crippen molar-refractivity contribution in [3.05, 3.63) is 11.7 Å². The average Bonchev–Trinajstić information content (AvgIpc) is 2.99. The van der Waals surface area contributed by atoms with Crippen LogP contribution in [0.25, 0.3) is 0 Å². The number of rotatable bonds is 5. The van der Waals surface area contributed by atoms with Crippen LogP contribution in [0.3, 0.4) is 0 Å². The van der Waals surface area contributed by atoms with Crippen molar-refractivity contribution in [2.75, 3.05) is 7.11 Å². The highest BCUT2D eigenvalue weighted by Crippen LogP contribution is 2.48. The summed E-state index contributed by atoms with van der Waals surface area (Å²) in [4.78, 5) is 15.8. The Labute approximate surface area is 94.2 Å². The molecule has 88 valence electrons. The molecule has 0 amide bonds. The maximum Gasteiger partial charge on any atom is 0.321 e. The minimum absolute atomic E-state index is 0.266. The molecule has 5 heteroatoms. The summed E-state index contributed by atoms with van der Waals surface area (Å²) in [6.07, 6.45) is 4.41. The van der Waals surface area contributed by atoms with Gasteiger partial charge in [0, 0.05) is 6.42 Å². The molecule has 2 rings (SSSR count). The van der Waals surface area contributed by atoms with Gasteiger partial charge in [-0.25, -0.2) is 0 Å². The Morgan fingerprint density at radius 2 is 2.31 bits per heavy atom. The largest absolute Gasteiger partial charge is 0.468 e. The zero-order chi connectivity index (χ0) is 11.6. The van der Waals surface area contributed by atoms with Crippen molar-refractivity contribution in [2.45, 2.75) is 44.4 Å². The number of hydrogen-bond donors (Lipinski definition) is 0. The van der Waals surface area contributed by atoms with Gasteiger partial charge in [0.1, 0.15) is 5.41 Å². The highest BCUT2D eigenvalue weighted by molar-refractivity contribution is 5.85. The molecule has 1 aliphatic rings. The molecule has 16 heavy (non-hydrogen) atoms. The van der Waals surface area contributed by atoms with Gasteiger partial charge in [0.25, 0.3) is 0 Å². The van der Waals surface area contributed by atoms with Gasteiger partial charge in [0.2, 0.25) is 5.89 Å². The number of esters is 1. The molecule has 1 saturated carbocycles. The van der Waals surface area contributed by atoms with E-state index >= 15 is 0 Å². The first kappa shape index (κ1) is 11.1. The van der Waals surface area contributed by atoms with Gasteiger partial charge in [-0.2, -0.15) is 4.98 Å². The van der Waals surface area contributed by atoms with E-state index in [0.717, 1.165) is 32.1 Å². The van der Waals surface area contributed by atoms with Crippen molar-refractivity contribution in [2.24, 2.45) is 0 Å². The number of unbranched alkanes of at least 4 members (excludes halogenated alkanes) is 1. The molecular formula is C11H16N2O3. The lowest BCUT2D eigenvalue weighted by atomic mass is 10.1. The highest BCUT2D eigenvalue weighted by Gasteiger charge is 2.57. The molecule has 1 heterocycles. The first-order valence-electron chi connectivity index (χ1n) is 5.64. The van der Waals surface area contributed by atoms with E-state index in [4.69, 9.17) is 9.26 Å². The molecule has 0 radical (unpaired) electrons. The minimum Gasteiger partial charge on any atom is -0.468 e. The lowest BCUT2D eigenvalue weighted by Crippen LogP contribution is -2.22. The highest BCUT2D eigenvalue weighted by atomic mass is 16.5. The van der Waals surface area contributed by atoms with Gasteiger partial charge in [0.15, 0.2) is 5.82 Å². The van der Waals surface area contributed by atoms with Gasteiger partial charge in [-0.15, -0.1) is 0 Å². The summed E-state index contributed by atoms with van der Waals surface area (Å²) in [6, 6.07) is 0. The minimum atomic E-state index is -0.633. The molecule has 0 bridgehead atoms. The van der Waals surface area contributed by atoms with Crippen LogP contribution in [0.2, 0.25) is 0 Å². The fourth-order valence-electron chi connectivity index (χ4n) is 1.71. The van der Waals surface area contributed by atoms with Crippen LogP contribution in [0.5, 0.6) is 0 Å². The number of carbonyl (C=O) groups excluding carboxylic acids is 1. The van der Waals surface area contributed by atoms with Gasteiger partial charge in [-0.3, -0.25) is 4.79 Å². The fourth-order valence-corrected chi connectivity index (χ4v) is 1.71. The van der Waals surface area contributed by atoms with Crippen LogP contribution in [0.15, 0.2) is 4.52 Å². The maximum absolute atomic E-state index is 11.6. The number of methoxy groups -OCH3 is 1. The van der Waals surface area contributed by atoms with E-state index in [9.17, 15) is 4.79 Å². The molecule has 1 aliphatic carbocycles. The van der Waals surface area contributed by atoms with E-state index in [1.807, 2.05) is 0 Å². The fraction of sp³-hybridized carbons (Fsp3) is 0.727. The van der Waals surface area contributed by atoms with E-state index in [1.54, 1.807) is 0 Å². The quantitative estimate of drug-likeness (QED) is 0.711. The van der Waals surface area contributed by atoms with Crippen molar-refractivity contribution in [1.29, 1.82) is 0 Å². The smallest absolute Gasteiger partial charge is 0.321 e. The topological polar surface area (TPSA) is 65.2 Å². The molecule has 1 fully saturated rings. The third kappa shape index (κ3) is 1.81. The third-order valence-corrected chi connectivity index (χ3v) is 2.96. The van der Waals surface area contributed by atoms with Gasteiger partial charge in [-0.1, -0.05) is 18.5 Å². The number of nitrogens with zero attached hydrogens (tertiary/aromatic N) is 2. The molecule has 0 atom stereocenters. The van der Waals surface area contributed by atoms with Gasteiger partial charge in [-0.05, 0) is 19.3 Å². The average molecular weight is 224 g/mol. The van der Waals surface area contributed by atoms with Crippen LogP contribution in [0, 0.1) is 0 Å². The first-order chi connectivity index (χ1) is 7.73. The zero-order valence-electron chi connectivity index (χ0n) is 9.65. The molecule has 0 aliphatic heterocycles. The normalized spacial score (nSPS) is 17.1. The van der Waals surface area contributed by atoms with Crippen molar-refractivity contribution >= 4 is 5.97 Å². The molecule has 1 aromatic heterocycles. The summed E-state index contributed by atoms with van der Waals surface area (Å²) in [7, 11) is 1.39. The van der Waals surface area contributed by atoms with Crippen LogP contribution in [0.4, 0.5) is 0 Å². The Hall–Kier alpha value is -1.39. The van der Waals surface area contributed by atoms with Crippen LogP contribution < -0.4 is 0 Å². The lowest BCUT2D eigenvalue weighted by molar-refractivity contribution is -0.144. The second-order valence-electron chi connectivity index (χ2n) is 4.19. The van der Waals surface area contributed by atoms with Crippen molar-refractivity contribution < 1.29 is 14.1 Å². The van der Waals surface area contributed by atoms with Gasteiger partial charge >= 0.3 is 5.97 Å². The predicted octanol–water partition coefficient (Wildman–Crippen LogP) is 1.62. The molecular weight excluding hydrogens is 208 g/mol. The third-order valence-electron chi connectivity index (χ3n) is 2.96. The van der Waals surface area contributed by atoms with Crippen LogP contribution in [0.1, 0.15) is 44.3 Å². The monoisotopic (exact) mass is 224 g/mol. The van der Waals surface area contributed by atoms with Crippen LogP contribution in [-0.2, 0) is 21.4 Å². The van der Waals surface area contributed by atoms with E-state index in [0.29, 0.717) is 11.7 Å². The van der Waals surface area contributed by atoms with Crippen LogP contribution >= 0.6 is 0 Å². The molecule has 0 unspecified atom stereocenters. The summed E-state index contributed by atoms with van der Waals surface area (Å²) in [5, 5.41) is 3.88. The second-order valence-corrected chi connectivity index (χ2v) is 4.19. The molecule has 5 nitrogen and oxygen atoms in total. The number of aryl methyl sites for hydroxylation is 1. The van der Waals surface area contributed by atoms with E-state index in [-0.39, 0.29) is 5.97 Å². The van der Waals surface area contributed by atoms with Crippen LogP contribution in [-0.4, -0.2) is 23.2 Å². The molecule has 1 aromatic rings. The number of ether oxygens (including phenoxy) is 1. The summed E-state index contributed by atoms with van der Waals surface area (Å²) in [5.74, 6) is 0.843. The predicted molar refractivity (Wildman–Crippen MR) is 55.8 cm³/mol. The van der Waals surface area contributed by atoms with E-state index in [2.05, 4.69) is 17.1 Å². The Bertz CT molecular complexity index is 382.